The maximum Gasteiger partial charge on any atom is 0.263 e. The molecule has 0 saturated carbocycles. The Labute approximate surface area is 247 Å². The quantitative estimate of drug-likeness (QED) is 0.271. The molecular weight excluding hydrogens is 556 g/mol. The predicted molar refractivity (Wildman–Crippen MR) is 167 cm³/mol. The summed E-state index contributed by atoms with van der Waals surface area (Å²) in [5.74, 6) is -0.0707. The highest BCUT2D eigenvalue weighted by atomic mass is 35.5. The van der Waals surface area contributed by atoms with Crippen LogP contribution in [0, 0.1) is 6.92 Å². The lowest BCUT2D eigenvalue weighted by molar-refractivity contribution is 0.0747. The third-order valence-corrected chi connectivity index (χ3v) is 8.94. The van der Waals surface area contributed by atoms with Gasteiger partial charge in [-0.2, -0.15) is 0 Å². The minimum atomic E-state index is -3.89. The van der Waals surface area contributed by atoms with E-state index in [9.17, 15) is 13.2 Å². The lowest BCUT2D eigenvalue weighted by atomic mass is 10.1. The van der Waals surface area contributed by atoms with Crippen molar-refractivity contribution in [2.45, 2.75) is 18.4 Å². The summed E-state index contributed by atoms with van der Waals surface area (Å²) >= 11 is 6.00. The van der Waals surface area contributed by atoms with Gasteiger partial charge in [0.05, 0.1) is 5.69 Å². The number of sulfonamides is 1. The Morgan fingerprint density at radius 2 is 1.51 bits per heavy atom. The van der Waals surface area contributed by atoms with Gasteiger partial charge in [-0.1, -0.05) is 54.1 Å². The normalized spacial score (nSPS) is 13.6. The summed E-state index contributed by atoms with van der Waals surface area (Å²) in [6.07, 6.45) is 0. The number of hydrogen-bond acceptors (Lipinski definition) is 5. The number of amides is 1. The van der Waals surface area contributed by atoms with Crippen molar-refractivity contribution >= 4 is 44.6 Å². The lowest BCUT2D eigenvalue weighted by Crippen LogP contribution is -2.48. The Morgan fingerprint density at radius 1 is 0.854 bits per heavy atom. The van der Waals surface area contributed by atoms with E-state index in [0.29, 0.717) is 41.6 Å². The number of aryl methyl sites for hydroxylation is 1. The minimum absolute atomic E-state index is 0.0707. The fourth-order valence-corrected chi connectivity index (χ4v) is 6.68. The molecule has 212 valence electrons. The van der Waals surface area contributed by atoms with E-state index >= 15 is 0 Å². The second kappa shape index (κ2) is 12.2. The van der Waals surface area contributed by atoms with Crippen LogP contribution in [0.3, 0.4) is 0 Å². The van der Waals surface area contributed by atoms with Gasteiger partial charge in [-0.3, -0.25) is 9.52 Å². The van der Waals surface area contributed by atoms with Crippen molar-refractivity contribution < 1.29 is 13.2 Å². The first-order chi connectivity index (χ1) is 19.7. The van der Waals surface area contributed by atoms with Crippen molar-refractivity contribution in [3.05, 3.63) is 119 Å². The molecule has 0 bridgehead atoms. The van der Waals surface area contributed by atoms with E-state index in [1.165, 1.54) is 0 Å². The molecule has 9 heteroatoms. The molecule has 0 unspecified atom stereocenters. The van der Waals surface area contributed by atoms with Crippen molar-refractivity contribution in [3.8, 4) is 0 Å². The van der Waals surface area contributed by atoms with Crippen LogP contribution in [0.4, 0.5) is 17.1 Å². The van der Waals surface area contributed by atoms with E-state index in [1.54, 1.807) is 36.4 Å². The van der Waals surface area contributed by atoms with Gasteiger partial charge in [0, 0.05) is 61.7 Å². The Kier molecular flexibility index (Phi) is 8.52. The monoisotopic (exact) mass is 588 g/mol. The molecule has 1 aliphatic heterocycles. The van der Waals surface area contributed by atoms with Gasteiger partial charge < -0.3 is 14.7 Å². The fraction of sp³-hybridized carbons (Fsp3) is 0.219. The van der Waals surface area contributed by atoms with E-state index in [2.05, 4.69) is 9.62 Å². The van der Waals surface area contributed by atoms with Crippen LogP contribution >= 0.6 is 11.6 Å². The Morgan fingerprint density at radius 3 is 2.17 bits per heavy atom. The molecule has 41 heavy (non-hydrogen) atoms. The molecule has 5 rings (SSSR count). The summed E-state index contributed by atoms with van der Waals surface area (Å²) in [5, 5.41) is 0.697. The first-order valence-electron chi connectivity index (χ1n) is 13.5. The topological polar surface area (TPSA) is 73.0 Å². The summed E-state index contributed by atoms with van der Waals surface area (Å²) in [7, 11) is -2.00. The van der Waals surface area contributed by atoms with Crippen LogP contribution in [0.1, 0.15) is 21.5 Å². The Bertz CT molecular complexity index is 1600. The first-order valence-corrected chi connectivity index (χ1v) is 15.3. The molecule has 4 aromatic carbocycles. The smallest absolute Gasteiger partial charge is 0.263 e. The molecule has 1 aliphatic rings. The summed E-state index contributed by atoms with van der Waals surface area (Å²) in [5.41, 5.74) is 4.60. The second-order valence-electron chi connectivity index (χ2n) is 10.2. The molecule has 1 heterocycles. The van der Waals surface area contributed by atoms with Crippen LogP contribution in [-0.2, 0) is 16.6 Å². The van der Waals surface area contributed by atoms with E-state index in [4.69, 9.17) is 11.6 Å². The van der Waals surface area contributed by atoms with Crippen molar-refractivity contribution in [1.29, 1.82) is 0 Å². The van der Waals surface area contributed by atoms with Gasteiger partial charge in [0.25, 0.3) is 15.9 Å². The number of para-hydroxylation sites is 1. The fourth-order valence-electron chi connectivity index (χ4n) is 5.17. The number of nitrogens with one attached hydrogen (secondary N) is 1. The zero-order valence-corrected chi connectivity index (χ0v) is 24.7. The maximum absolute atomic E-state index is 13.5. The number of anilines is 3. The lowest BCUT2D eigenvalue weighted by Gasteiger charge is -2.36. The van der Waals surface area contributed by atoms with E-state index < -0.39 is 10.0 Å². The first kappa shape index (κ1) is 28.5. The average Bonchev–Trinajstić information content (AvgIpc) is 2.98. The summed E-state index contributed by atoms with van der Waals surface area (Å²) in [4.78, 5) is 19.4. The third-order valence-electron chi connectivity index (χ3n) is 7.28. The molecule has 1 amide bonds. The minimum Gasteiger partial charge on any atom is -0.369 e. The Hall–Kier alpha value is -4.01. The molecule has 4 aromatic rings. The van der Waals surface area contributed by atoms with E-state index in [1.807, 2.05) is 84.4 Å². The highest BCUT2D eigenvalue weighted by Crippen LogP contribution is 2.31. The van der Waals surface area contributed by atoms with Gasteiger partial charge in [-0.25, -0.2) is 8.42 Å². The van der Waals surface area contributed by atoms with Gasteiger partial charge in [-0.15, -0.1) is 0 Å². The summed E-state index contributed by atoms with van der Waals surface area (Å²) in [6.45, 7) is 5.13. The molecule has 7 nitrogen and oxygen atoms in total. The average molecular weight is 589 g/mol. The molecule has 1 N–H and O–H groups in total. The van der Waals surface area contributed by atoms with Crippen molar-refractivity contribution in [2.24, 2.45) is 0 Å². The molecule has 0 aromatic heterocycles. The molecular formula is C32H33ClN4O3S. The number of halogens is 1. The van der Waals surface area contributed by atoms with Gasteiger partial charge in [0.15, 0.2) is 0 Å². The predicted octanol–water partition coefficient (Wildman–Crippen LogP) is 6.05. The highest BCUT2D eigenvalue weighted by molar-refractivity contribution is 7.92. The molecule has 0 atom stereocenters. The number of carbonyl (C=O) groups excluding carboxylic acids is 1. The number of nitrogens with zero attached hydrogens (tertiary/aromatic N) is 3. The van der Waals surface area contributed by atoms with Crippen LogP contribution in [0.2, 0.25) is 5.02 Å². The van der Waals surface area contributed by atoms with Crippen LogP contribution < -0.4 is 14.5 Å². The van der Waals surface area contributed by atoms with Crippen LogP contribution in [-0.4, -0.2) is 52.5 Å². The van der Waals surface area contributed by atoms with Gasteiger partial charge >= 0.3 is 0 Å². The number of benzene rings is 4. The van der Waals surface area contributed by atoms with Gasteiger partial charge in [-0.05, 0) is 72.6 Å². The largest absolute Gasteiger partial charge is 0.369 e. The van der Waals surface area contributed by atoms with Crippen LogP contribution in [0.15, 0.2) is 102 Å². The van der Waals surface area contributed by atoms with Gasteiger partial charge in [0.1, 0.15) is 4.90 Å². The molecule has 1 saturated heterocycles. The summed E-state index contributed by atoms with van der Waals surface area (Å²) < 4.78 is 29.8. The molecule has 0 spiro atoms. The SMILES string of the molecule is Cc1cccc(S(=O)(=O)Nc2ccc(C(=O)N3CCN(c4ccc(Cl)cc4)CC3)cc2)c1N(C)Cc1ccccc1. The van der Waals surface area contributed by atoms with Gasteiger partial charge in [0.2, 0.25) is 0 Å². The van der Waals surface area contributed by atoms with Crippen LogP contribution in [0.25, 0.3) is 0 Å². The van der Waals surface area contributed by atoms with Crippen molar-refractivity contribution in [2.75, 3.05) is 47.7 Å². The molecule has 1 fully saturated rings. The summed E-state index contributed by atoms with van der Waals surface area (Å²) in [6, 6.07) is 29.5. The third kappa shape index (κ3) is 6.66. The Balaban J connectivity index is 1.25. The van der Waals surface area contributed by atoms with Crippen molar-refractivity contribution in [1.82, 2.24) is 4.90 Å². The number of piperazine rings is 1. The van der Waals surface area contributed by atoms with Crippen LogP contribution in [0.5, 0.6) is 0 Å². The molecule has 0 radical (unpaired) electrons. The zero-order chi connectivity index (χ0) is 29.0. The number of rotatable bonds is 8. The molecule has 0 aliphatic carbocycles. The number of carbonyl (C=O) groups is 1. The van der Waals surface area contributed by atoms with E-state index in [0.717, 1.165) is 29.9 Å². The van der Waals surface area contributed by atoms with E-state index in [-0.39, 0.29) is 10.8 Å². The number of hydrogen-bond donors (Lipinski definition) is 1. The standard InChI is InChI=1S/C32H33ClN4O3S/c1-24-7-6-10-30(31(24)35(2)23-25-8-4-3-5-9-25)41(39,40)34-28-15-11-26(12-16-28)32(38)37-21-19-36(20-22-37)29-17-13-27(33)14-18-29/h3-18,34H,19-23H2,1-2H3. The highest BCUT2D eigenvalue weighted by Gasteiger charge is 2.24. The van der Waals surface area contributed by atoms with Crippen molar-refractivity contribution in [3.63, 3.8) is 0 Å². The zero-order valence-electron chi connectivity index (χ0n) is 23.1. The maximum atomic E-state index is 13.5. The second-order valence-corrected chi connectivity index (χ2v) is 12.3.